The van der Waals surface area contributed by atoms with Crippen LogP contribution in [-0.4, -0.2) is 28.6 Å². The van der Waals surface area contributed by atoms with Gasteiger partial charge < -0.3 is 0 Å². The predicted molar refractivity (Wildman–Crippen MR) is 128 cm³/mol. The number of alkyl halides is 5. The zero-order valence-electron chi connectivity index (χ0n) is 18.8. The highest BCUT2D eigenvalue weighted by Crippen LogP contribution is 2.47. The van der Waals surface area contributed by atoms with E-state index in [2.05, 4.69) is 22.6 Å². The van der Waals surface area contributed by atoms with Crippen LogP contribution in [-0.2, 0) is 0 Å². The summed E-state index contributed by atoms with van der Waals surface area (Å²) in [4.78, 5) is 0. The van der Waals surface area contributed by atoms with Gasteiger partial charge in [-0.3, -0.25) is 0 Å². The van der Waals surface area contributed by atoms with Crippen LogP contribution in [0.5, 0.6) is 0 Å². The van der Waals surface area contributed by atoms with Crippen molar-refractivity contribution in [3.63, 3.8) is 0 Å². The van der Waals surface area contributed by atoms with Crippen LogP contribution in [0, 0.1) is 35.5 Å². The van der Waals surface area contributed by atoms with Crippen LogP contribution < -0.4 is 0 Å². The van der Waals surface area contributed by atoms with Gasteiger partial charge in [-0.2, -0.15) is 0 Å². The van der Waals surface area contributed by atoms with Gasteiger partial charge in [0.05, 0.1) is 0 Å². The average Bonchev–Trinajstić information content (AvgIpc) is 2.80. The molecule has 8 atom stereocenters. The fraction of sp³-hybridized carbons (Fsp3) is 1.00. The first-order chi connectivity index (χ1) is 15.0. The van der Waals surface area contributed by atoms with Gasteiger partial charge in [-0.25, -0.2) is 17.6 Å². The Labute approximate surface area is 200 Å². The molecule has 0 heterocycles. The third-order valence-corrected chi connectivity index (χ3v) is 10.9. The van der Waals surface area contributed by atoms with E-state index < -0.39 is 24.7 Å². The van der Waals surface area contributed by atoms with Crippen LogP contribution in [0.1, 0.15) is 96.3 Å². The number of hydrogen-bond acceptors (Lipinski definition) is 0. The third kappa shape index (κ3) is 5.75. The first-order valence-corrected chi connectivity index (χ1v) is 14.4. The smallest absolute Gasteiger partial charge is 0.143 e. The van der Waals surface area contributed by atoms with Gasteiger partial charge in [-0.15, -0.1) is 0 Å². The molecule has 0 aromatic heterocycles. The maximum absolute atomic E-state index is 15.0. The lowest BCUT2D eigenvalue weighted by molar-refractivity contribution is -0.0137. The van der Waals surface area contributed by atoms with Crippen LogP contribution in [0.3, 0.4) is 0 Å². The highest BCUT2D eigenvalue weighted by Gasteiger charge is 2.45. The number of halogens is 5. The van der Waals surface area contributed by atoms with Crippen LogP contribution in [0.2, 0.25) is 0 Å². The Morgan fingerprint density at radius 1 is 0.516 bits per heavy atom. The molecule has 0 aromatic rings. The van der Waals surface area contributed by atoms with Crippen molar-refractivity contribution in [2.24, 2.45) is 35.5 Å². The summed E-state index contributed by atoms with van der Waals surface area (Å²) in [5.41, 5.74) is 0. The van der Waals surface area contributed by atoms with Crippen LogP contribution >= 0.6 is 22.6 Å². The fourth-order valence-electron chi connectivity index (χ4n) is 7.54. The van der Waals surface area contributed by atoms with Crippen molar-refractivity contribution < 1.29 is 17.6 Å². The minimum Gasteiger partial charge on any atom is -0.244 e. The topological polar surface area (TPSA) is 0 Å². The first kappa shape index (κ1) is 24.6. The van der Waals surface area contributed by atoms with Crippen molar-refractivity contribution in [2.45, 2.75) is 125 Å². The van der Waals surface area contributed by atoms with Gasteiger partial charge in [0, 0.05) is 3.92 Å². The molecule has 0 aliphatic heterocycles. The van der Waals surface area contributed by atoms with Crippen molar-refractivity contribution >= 4 is 22.6 Å². The monoisotopic (exact) mass is 556 g/mol. The van der Waals surface area contributed by atoms with E-state index in [1.165, 1.54) is 19.3 Å². The molecule has 4 aliphatic rings. The zero-order valence-corrected chi connectivity index (χ0v) is 21.0. The molecular weight excluding hydrogens is 515 g/mol. The highest BCUT2D eigenvalue weighted by atomic mass is 127. The summed E-state index contributed by atoms with van der Waals surface area (Å²) < 4.78 is 58.4. The summed E-state index contributed by atoms with van der Waals surface area (Å²) in [5, 5.41) is 0. The van der Waals surface area contributed by atoms with Gasteiger partial charge in [-0.1, -0.05) is 74.0 Å². The Kier molecular flexibility index (Phi) is 8.92. The number of hydrogen-bond donors (Lipinski definition) is 0. The van der Waals surface area contributed by atoms with Crippen LogP contribution in [0.15, 0.2) is 0 Å². The SMILES string of the molecule is FC1C(CCC2CCC(C3CCC(I)C(F)[C@@H]3F)CC2)CCC(C2CCCCC2)C1F. The molecule has 0 nitrogen and oxygen atoms in total. The zero-order chi connectivity index (χ0) is 22.0. The molecule has 4 fully saturated rings. The summed E-state index contributed by atoms with van der Waals surface area (Å²) in [6.45, 7) is 0. The molecular formula is C26H41F4I. The summed E-state index contributed by atoms with van der Waals surface area (Å²) in [6, 6.07) is 0. The molecule has 4 aliphatic carbocycles. The molecule has 180 valence electrons. The minimum atomic E-state index is -1.31. The van der Waals surface area contributed by atoms with E-state index in [1.54, 1.807) is 0 Å². The van der Waals surface area contributed by atoms with Gasteiger partial charge in [0.15, 0.2) is 0 Å². The molecule has 0 aromatic carbocycles. The van der Waals surface area contributed by atoms with Crippen LogP contribution in [0.25, 0.3) is 0 Å². The molecule has 0 spiro atoms. The molecule has 0 N–H and O–H groups in total. The average molecular weight is 557 g/mol. The van der Waals surface area contributed by atoms with Gasteiger partial charge in [0.25, 0.3) is 0 Å². The Bertz CT molecular complexity index is 546. The molecule has 0 amide bonds. The Hall–Kier alpha value is 0.450. The summed E-state index contributed by atoms with van der Waals surface area (Å²) >= 11 is 2.06. The van der Waals surface area contributed by atoms with E-state index in [0.717, 1.165) is 77.0 Å². The van der Waals surface area contributed by atoms with E-state index in [1.807, 2.05) is 0 Å². The minimum absolute atomic E-state index is 0.0485. The molecule has 4 rings (SSSR count). The maximum Gasteiger partial charge on any atom is 0.143 e. The Balaban J connectivity index is 1.19. The second-order valence-electron chi connectivity index (χ2n) is 11.3. The molecule has 0 bridgehead atoms. The first-order valence-electron chi connectivity index (χ1n) is 13.2. The third-order valence-electron chi connectivity index (χ3n) is 9.57. The molecule has 5 heteroatoms. The van der Waals surface area contributed by atoms with Gasteiger partial charge in [0.2, 0.25) is 0 Å². The number of rotatable bonds is 5. The second kappa shape index (κ2) is 11.3. The molecule has 7 unspecified atom stereocenters. The van der Waals surface area contributed by atoms with E-state index in [4.69, 9.17) is 0 Å². The van der Waals surface area contributed by atoms with E-state index in [0.29, 0.717) is 17.8 Å². The van der Waals surface area contributed by atoms with Crippen molar-refractivity contribution in [2.75, 3.05) is 0 Å². The Morgan fingerprint density at radius 3 is 1.77 bits per heavy atom. The maximum atomic E-state index is 15.0. The molecule has 0 radical (unpaired) electrons. The lowest BCUT2D eigenvalue weighted by Crippen LogP contribution is -2.42. The lowest BCUT2D eigenvalue weighted by atomic mass is 9.67. The lowest BCUT2D eigenvalue weighted by Gasteiger charge is -2.41. The quantitative estimate of drug-likeness (QED) is 0.181. The predicted octanol–water partition coefficient (Wildman–Crippen LogP) is 8.75. The summed E-state index contributed by atoms with van der Waals surface area (Å²) in [5.74, 6) is 0.992. The van der Waals surface area contributed by atoms with E-state index in [9.17, 15) is 17.6 Å². The summed E-state index contributed by atoms with van der Waals surface area (Å²) in [6.07, 6.45) is 9.80. The highest BCUT2D eigenvalue weighted by molar-refractivity contribution is 14.1. The molecule has 31 heavy (non-hydrogen) atoms. The fourth-order valence-corrected chi connectivity index (χ4v) is 8.30. The normalized spacial score (nSPS) is 47.9. The van der Waals surface area contributed by atoms with E-state index in [-0.39, 0.29) is 21.7 Å². The standard InChI is InChI=1S/C26H41F4I/c27-23-19(12-13-20(24(23)28)17-4-2-1-3-5-17)11-8-16-6-9-18(10-7-16)21-14-15-22(31)26(30)25(21)29/h16-26H,1-15H2/t16?,18?,19?,20?,21?,22?,23?,24?,25-,26?/m1/s1. The second-order valence-corrected chi connectivity index (χ2v) is 12.9. The van der Waals surface area contributed by atoms with Crippen molar-refractivity contribution in [1.82, 2.24) is 0 Å². The van der Waals surface area contributed by atoms with Crippen molar-refractivity contribution in [3.8, 4) is 0 Å². The van der Waals surface area contributed by atoms with Gasteiger partial charge in [-0.05, 0) is 80.5 Å². The van der Waals surface area contributed by atoms with Gasteiger partial charge in [0.1, 0.15) is 24.7 Å². The van der Waals surface area contributed by atoms with Crippen molar-refractivity contribution in [3.05, 3.63) is 0 Å². The Morgan fingerprint density at radius 2 is 1.10 bits per heavy atom. The summed E-state index contributed by atoms with van der Waals surface area (Å²) in [7, 11) is 0. The molecule has 0 saturated heterocycles. The van der Waals surface area contributed by atoms with Crippen molar-refractivity contribution in [1.29, 1.82) is 0 Å². The van der Waals surface area contributed by atoms with Crippen LogP contribution in [0.4, 0.5) is 17.6 Å². The van der Waals surface area contributed by atoms with Gasteiger partial charge >= 0.3 is 0 Å². The largest absolute Gasteiger partial charge is 0.244 e. The molecule has 4 saturated carbocycles. The van der Waals surface area contributed by atoms with E-state index >= 15 is 0 Å².